The van der Waals surface area contributed by atoms with Gasteiger partial charge in [0.25, 0.3) is 0 Å². The van der Waals surface area contributed by atoms with Crippen LogP contribution in [0.25, 0.3) is 0 Å². The van der Waals surface area contributed by atoms with Crippen LogP contribution in [0.5, 0.6) is 5.75 Å². The molecule has 0 aromatic heterocycles. The molecule has 1 aliphatic carbocycles. The Hall–Kier alpha value is -1.22. The van der Waals surface area contributed by atoms with E-state index in [1.165, 1.54) is 18.5 Å². The second kappa shape index (κ2) is 6.27. The fourth-order valence-electron chi connectivity index (χ4n) is 3.45. The van der Waals surface area contributed by atoms with Gasteiger partial charge >= 0.3 is 0 Å². The van der Waals surface area contributed by atoms with E-state index in [1.807, 2.05) is 0 Å². The summed E-state index contributed by atoms with van der Waals surface area (Å²) in [6.07, 6.45) is 2.79. The molecule has 1 aliphatic heterocycles. The molecular formula is C18H28N2O. The van der Waals surface area contributed by atoms with Crippen LogP contribution >= 0.6 is 0 Å². The summed E-state index contributed by atoms with van der Waals surface area (Å²) in [7, 11) is 0. The third-order valence-electron chi connectivity index (χ3n) is 4.82. The monoisotopic (exact) mass is 288 g/mol. The van der Waals surface area contributed by atoms with Gasteiger partial charge in [-0.25, -0.2) is 0 Å². The number of nitrogens with one attached hydrogen (secondary N) is 1. The summed E-state index contributed by atoms with van der Waals surface area (Å²) in [6.45, 7) is 9.61. The lowest BCUT2D eigenvalue weighted by atomic mass is 9.96. The zero-order valence-electron chi connectivity index (χ0n) is 13.5. The molecule has 2 atom stereocenters. The molecular weight excluding hydrogens is 260 g/mol. The fraction of sp³-hybridized carbons (Fsp3) is 0.667. The van der Waals surface area contributed by atoms with E-state index in [-0.39, 0.29) is 0 Å². The van der Waals surface area contributed by atoms with Crippen molar-refractivity contribution in [2.45, 2.75) is 45.7 Å². The van der Waals surface area contributed by atoms with Crippen molar-refractivity contribution in [3.05, 3.63) is 24.3 Å². The Morgan fingerprint density at radius 1 is 1.29 bits per heavy atom. The van der Waals surface area contributed by atoms with Gasteiger partial charge in [-0.1, -0.05) is 26.0 Å². The van der Waals surface area contributed by atoms with Crippen molar-refractivity contribution < 1.29 is 4.74 Å². The van der Waals surface area contributed by atoms with Crippen molar-refractivity contribution in [1.82, 2.24) is 5.32 Å². The topological polar surface area (TPSA) is 24.5 Å². The van der Waals surface area contributed by atoms with Gasteiger partial charge < -0.3 is 15.0 Å². The fourth-order valence-corrected chi connectivity index (χ4v) is 3.45. The predicted molar refractivity (Wildman–Crippen MR) is 88.1 cm³/mol. The molecule has 0 spiro atoms. The maximum absolute atomic E-state index is 5.87. The van der Waals surface area contributed by atoms with Gasteiger partial charge in [0.05, 0.1) is 12.3 Å². The highest BCUT2D eigenvalue weighted by molar-refractivity contribution is 5.59. The molecule has 1 saturated heterocycles. The maximum Gasteiger partial charge on any atom is 0.142 e. The van der Waals surface area contributed by atoms with Crippen molar-refractivity contribution in [3.63, 3.8) is 0 Å². The Morgan fingerprint density at radius 2 is 2.05 bits per heavy atom. The first-order chi connectivity index (χ1) is 10.2. The number of piperazine rings is 1. The van der Waals surface area contributed by atoms with Crippen molar-refractivity contribution in [2.24, 2.45) is 11.8 Å². The van der Waals surface area contributed by atoms with Crippen LogP contribution in [0.2, 0.25) is 0 Å². The van der Waals surface area contributed by atoms with E-state index in [0.29, 0.717) is 18.0 Å². The van der Waals surface area contributed by atoms with Crippen LogP contribution in [0, 0.1) is 11.8 Å². The molecule has 116 valence electrons. The van der Waals surface area contributed by atoms with Gasteiger partial charge in [0, 0.05) is 25.2 Å². The maximum atomic E-state index is 5.87. The lowest BCUT2D eigenvalue weighted by Gasteiger charge is -2.44. The summed E-state index contributed by atoms with van der Waals surface area (Å²) >= 11 is 0. The van der Waals surface area contributed by atoms with Crippen LogP contribution < -0.4 is 15.0 Å². The normalized spacial score (nSPS) is 26.2. The average Bonchev–Trinajstić information content (AvgIpc) is 3.32. The summed E-state index contributed by atoms with van der Waals surface area (Å²) in [6, 6.07) is 9.71. The van der Waals surface area contributed by atoms with E-state index in [4.69, 9.17) is 4.74 Å². The van der Waals surface area contributed by atoms with Gasteiger partial charge in [-0.15, -0.1) is 0 Å². The van der Waals surface area contributed by atoms with E-state index in [2.05, 4.69) is 55.3 Å². The van der Waals surface area contributed by atoms with Gasteiger partial charge in [0.1, 0.15) is 5.75 Å². The second-order valence-electron chi connectivity index (χ2n) is 6.72. The van der Waals surface area contributed by atoms with E-state index in [0.717, 1.165) is 31.4 Å². The highest BCUT2D eigenvalue weighted by Crippen LogP contribution is 2.38. The van der Waals surface area contributed by atoms with Crippen LogP contribution in [0.15, 0.2) is 24.3 Å². The molecule has 1 saturated carbocycles. The smallest absolute Gasteiger partial charge is 0.142 e. The third-order valence-corrected chi connectivity index (χ3v) is 4.82. The average molecular weight is 288 g/mol. The Morgan fingerprint density at radius 3 is 2.71 bits per heavy atom. The number of hydrogen-bond acceptors (Lipinski definition) is 3. The summed E-state index contributed by atoms with van der Waals surface area (Å²) in [5.74, 6) is 2.55. The molecule has 21 heavy (non-hydrogen) atoms. The third kappa shape index (κ3) is 3.18. The standard InChI is InChI=1S/C18H28N2O/c1-4-21-18-8-6-5-7-16(18)20-12-15(14-9-10-14)19-11-17(20)13(2)3/h5-8,13-15,17,19H,4,9-12H2,1-3H3. The minimum absolute atomic E-state index is 0.543. The lowest BCUT2D eigenvalue weighted by Crippen LogP contribution is -2.59. The van der Waals surface area contributed by atoms with Gasteiger partial charge in [0.15, 0.2) is 0 Å². The summed E-state index contributed by atoms with van der Waals surface area (Å²) in [5.41, 5.74) is 1.27. The highest BCUT2D eigenvalue weighted by Gasteiger charge is 2.38. The van der Waals surface area contributed by atoms with Crippen molar-refractivity contribution in [1.29, 1.82) is 0 Å². The molecule has 1 aromatic carbocycles. The summed E-state index contributed by atoms with van der Waals surface area (Å²) in [4.78, 5) is 2.59. The Kier molecular flexibility index (Phi) is 4.39. The first kappa shape index (κ1) is 14.7. The zero-order valence-corrected chi connectivity index (χ0v) is 13.5. The molecule has 1 N–H and O–H groups in total. The number of nitrogens with zero attached hydrogens (tertiary/aromatic N) is 1. The quantitative estimate of drug-likeness (QED) is 0.899. The van der Waals surface area contributed by atoms with Crippen LogP contribution in [0.3, 0.4) is 0 Å². The van der Waals surface area contributed by atoms with E-state index >= 15 is 0 Å². The van der Waals surface area contributed by atoms with Crippen molar-refractivity contribution >= 4 is 5.69 Å². The Bertz CT molecular complexity index is 470. The molecule has 0 radical (unpaired) electrons. The first-order valence-corrected chi connectivity index (χ1v) is 8.42. The number of para-hydroxylation sites is 2. The SMILES string of the molecule is CCOc1ccccc1N1CC(C2CC2)NCC1C(C)C. The van der Waals surface area contributed by atoms with Crippen LogP contribution in [0.4, 0.5) is 5.69 Å². The van der Waals surface area contributed by atoms with Crippen LogP contribution in [-0.2, 0) is 0 Å². The molecule has 1 aromatic rings. The molecule has 0 bridgehead atoms. The zero-order chi connectivity index (χ0) is 14.8. The summed E-state index contributed by atoms with van der Waals surface area (Å²) < 4.78 is 5.87. The van der Waals surface area contributed by atoms with E-state index in [1.54, 1.807) is 0 Å². The number of hydrogen-bond donors (Lipinski definition) is 1. The van der Waals surface area contributed by atoms with Gasteiger partial charge in [-0.05, 0) is 43.7 Å². The van der Waals surface area contributed by atoms with Crippen molar-refractivity contribution in [2.75, 3.05) is 24.6 Å². The number of ether oxygens (including phenoxy) is 1. The molecule has 3 rings (SSSR count). The molecule has 3 heteroatoms. The van der Waals surface area contributed by atoms with E-state index < -0.39 is 0 Å². The molecule has 0 amide bonds. The van der Waals surface area contributed by atoms with Crippen molar-refractivity contribution in [3.8, 4) is 5.75 Å². The van der Waals surface area contributed by atoms with Gasteiger partial charge in [-0.3, -0.25) is 0 Å². The minimum atomic E-state index is 0.543. The minimum Gasteiger partial charge on any atom is -0.492 e. The predicted octanol–water partition coefficient (Wildman–Crippen LogP) is 3.30. The highest BCUT2D eigenvalue weighted by atomic mass is 16.5. The first-order valence-electron chi connectivity index (χ1n) is 8.42. The summed E-state index contributed by atoms with van der Waals surface area (Å²) in [5, 5.41) is 3.78. The second-order valence-corrected chi connectivity index (χ2v) is 6.72. The number of rotatable bonds is 5. The molecule has 2 unspecified atom stereocenters. The lowest BCUT2D eigenvalue weighted by molar-refractivity contribution is 0.309. The van der Waals surface area contributed by atoms with E-state index in [9.17, 15) is 0 Å². The number of benzene rings is 1. The van der Waals surface area contributed by atoms with Gasteiger partial charge in [0.2, 0.25) is 0 Å². The molecule has 3 nitrogen and oxygen atoms in total. The van der Waals surface area contributed by atoms with Gasteiger partial charge in [-0.2, -0.15) is 0 Å². The largest absolute Gasteiger partial charge is 0.492 e. The Balaban J connectivity index is 1.87. The van der Waals surface area contributed by atoms with Crippen LogP contribution in [0.1, 0.15) is 33.6 Å². The molecule has 2 fully saturated rings. The molecule has 2 aliphatic rings. The Labute approximate surface area is 128 Å². The molecule has 1 heterocycles. The van der Waals surface area contributed by atoms with Crippen LogP contribution in [-0.4, -0.2) is 31.8 Å². The number of anilines is 1.